The maximum atomic E-state index is 11.4. The second-order valence-corrected chi connectivity index (χ2v) is 7.51. The molecule has 10 nitrogen and oxygen atoms in total. The fourth-order valence-corrected chi connectivity index (χ4v) is 2.86. The summed E-state index contributed by atoms with van der Waals surface area (Å²) in [6.07, 6.45) is 7.40. The van der Waals surface area contributed by atoms with Crippen LogP contribution in [0, 0.1) is 0 Å². The molecule has 0 N–H and O–H groups in total. The summed E-state index contributed by atoms with van der Waals surface area (Å²) in [5.74, 6) is -0.596. The zero-order valence-electron chi connectivity index (χ0n) is 20.7. The minimum absolute atomic E-state index is 0.251. The number of imide groups is 1. The van der Waals surface area contributed by atoms with E-state index in [0.29, 0.717) is 85.9 Å². The number of rotatable bonds is 26. The van der Waals surface area contributed by atoms with Crippen LogP contribution >= 0.6 is 0 Å². The zero-order chi connectivity index (χ0) is 24.5. The van der Waals surface area contributed by atoms with Crippen LogP contribution in [0.4, 0.5) is 0 Å². The first-order valence-corrected chi connectivity index (χ1v) is 12.3. The highest BCUT2D eigenvalue weighted by molar-refractivity contribution is 6.12. The number of nitrogens with zero attached hydrogens (tertiary/aromatic N) is 1. The van der Waals surface area contributed by atoms with Gasteiger partial charge in [-0.1, -0.05) is 26.2 Å². The van der Waals surface area contributed by atoms with E-state index in [0.717, 1.165) is 17.9 Å². The van der Waals surface area contributed by atoms with Gasteiger partial charge < -0.3 is 33.2 Å². The minimum atomic E-state index is -0.298. The first-order chi connectivity index (χ1) is 16.8. The van der Waals surface area contributed by atoms with Gasteiger partial charge in [0.05, 0.1) is 92.4 Å². The third-order valence-electron chi connectivity index (χ3n) is 4.73. The van der Waals surface area contributed by atoms with Crippen molar-refractivity contribution in [3.05, 3.63) is 12.2 Å². The summed E-state index contributed by atoms with van der Waals surface area (Å²) >= 11 is 0. The van der Waals surface area contributed by atoms with E-state index in [-0.39, 0.29) is 18.4 Å². The number of ether oxygens (including phenoxy) is 7. The quantitative estimate of drug-likeness (QED) is 0.132. The highest BCUT2D eigenvalue weighted by Gasteiger charge is 2.22. The van der Waals surface area contributed by atoms with Crippen LogP contribution in [0.2, 0.25) is 0 Å². The summed E-state index contributed by atoms with van der Waals surface area (Å²) < 4.78 is 38.0. The number of hydrogen-bond donors (Lipinski definition) is 0. The average Bonchev–Trinajstić information content (AvgIpc) is 3.16. The molecule has 0 unspecified atom stereocenters. The lowest BCUT2D eigenvalue weighted by Gasteiger charge is -2.13. The van der Waals surface area contributed by atoms with Crippen molar-refractivity contribution in [3.8, 4) is 0 Å². The van der Waals surface area contributed by atoms with E-state index in [1.807, 2.05) is 0 Å². The lowest BCUT2D eigenvalue weighted by Crippen LogP contribution is -2.33. The Morgan fingerprint density at radius 1 is 0.500 bits per heavy atom. The highest BCUT2D eigenvalue weighted by atomic mass is 16.6. The molecule has 198 valence electrons. The van der Waals surface area contributed by atoms with E-state index in [1.54, 1.807) is 0 Å². The van der Waals surface area contributed by atoms with Gasteiger partial charge in [-0.25, -0.2) is 0 Å². The van der Waals surface area contributed by atoms with Gasteiger partial charge in [-0.15, -0.1) is 0 Å². The van der Waals surface area contributed by atoms with Crippen molar-refractivity contribution in [1.29, 1.82) is 0 Å². The van der Waals surface area contributed by atoms with E-state index >= 15 is 0 Å². The molecule has 10 heteroatoms. The van der Waals surface area contributed by atoms with Gasteiger partial charge in [0.2, 0.25) is 0 Å². The third kappa shape index (κ3) is 18.0. The van der Waals surface area contributed by atoms with Gasteiger partial charge in [-0.05, 0) is 6.42 Å². The Kier molecular flexibility index (Phi) is 21.0. The summed E-state index contributed by atoms with van der Waals surface area (Å²) in [5.41, 5.74) is 0. The molecular weight excluding hydrogens is 446 g/mol. The molecule has 1 aliphatic heterocycles. The van der Waals surface area contributed by atoms with Gasteiger partial charge in [0.1, 0.15) is 0 Å². The van der Waals surface area contributed by atoms with Gasteiger partial charge >= 0.3 is 0 Å². The van der Waals surface area contributed by atoms with Gasteiger partial charge in [0.25, 0.3) is 11.8 Å². The number of hydrogen-bond acceptors (Lipinski definition) is 9. The number of carbonyl (C=O) groups is 2. The van der Waals surface area contributed by atoms with Gasteiger partial charge in [0.15, 0.2) is 0 Å². The molecule has 0 saturated carbocycles. The predicted octanol–water partition coefficient (Wildman–Crippen LogP) is 1.61. The predicted molar refractivity (Wildman–Crippen MR) is 126 cm³/mol. The maximum Gasteiger partial charge on any atom is 0.253 e. The Morgan fingerprint density at radius 2 is 0.853 bits per heavy atom. The molecule has 1 rings (SSSR count). The van der Waals surface area contributed by atoms with Crippen LogP contribution in [0.3, 0.4) is 0 Å². The Bertz CT molecular complexity index is 513. The molecule has 0 aromatic heterocycles. The number of carbonyl (C=O) groups excluding carboxylic acids is 2. The minimum Gasteiger partial charge on any atom is -0.379 e. The average molecular weight is 490 g/mol. The Hall–Kier alpha value is -1.40. The third-order valence-corrected chi connectivity index (χ3v) is 4.73. The lowest BCUT2D eigenvalue weighted by atomic mass is 10.2. The van der Waals surface area contributed by atoms with Crippen LogP contribution in [0.25, 0.3) is 0 Å². The molecule has 0 radical (unpaired) electrons. The zero-order valence-corrected chi connectivity index (χ0v) is 20.7. The van der Waals surface area contributed by atoms with Crippen molar-refractivity contribution in [2.24, 2.45) is 0 Å². The molecular formula is C24H43NO9. The topological polar surface area (TPSA) is 102 Å². The fraction of sp³-hybridized carbons (Fsp3) is 0.833. The Labute approximate surface area is 203 Å². The first-order valence-electron chi connectivity index (χ1n) is 12.3. The molecule has 0 bridgehead atoms. The van der Waals surface area contributed by atoms with Crippen LogP contribution in [0.15, 0.2) is 12.2 Å². The first kappa shape index (κ1) is 30.6. The Morgan fingerprint density at radius 3 is 1.24 bits per heavy atom. The standard InChI is InChI=1S/C24H43NO9/c1-2-3-4-5-9-28-11-13-30-15-17-32-19-21-34-22-20-33-18-16-31-14-12-29-10-8-25-23(26)6-7-24(25)27/h6-7H,2-5,8-22H2,1H3. The number of amides is 2. The highest BCUT2D eigenvalue weighted by Crippen LogP contribution is 2.02. The number of unbranched alkanes of at least 4 members (excludes halogenated alkanes) is 3. The molecule has 0 aromatic rings. The molecule has 0 saturated heterocycles. The van der Waals surface area contributed by atoms with Crippen molar-refractivity contribution < 1.29 is 42.7 Å². The van der Waals surface area contributed by atoms with E-state index in [4.69, 9.17) is 33.2 Å². The van der Waals surface area contributed by atoms with Crippen LogP contribution in [0.1, 0.15) is 32.6 Å². The summed E-state index contributed by atoms with van der Waals surface area (Å²) in [6, 6.07) is 0. The van der Waals surface area contributed by atoms with E-state index < -0.39 is 0 Å². The van der Waals surface area contributed by atoms with Crippen molar-refractivity contribution >= 4 is 11.8 Å². The smallest absolute Gasteiger partial charge is 0.253 e. The van der Waals surface area contributed by atoms with Gasteiger partial charge in [-0.2, -0.15) is 0 Å². The van der Waals surface area contributed by atoms with Crippen molar-refractivity contribution in [1.82, 2.24) is 4.90 Å². The fourth-order valence-electron chi connectivity index (χ4n) is 2.86. The van der Waals surface area contributed by atoms with Crippen LogP contribution < -0.4 is 0 Å². The largest absolute Gasteiger partial charge is 0.379 e. The molecule has 0 fully saturated rings. The van der Waals surface area contributed by atoms with Crippen molar-refractivity contribution in [2.45, 2.75) is 32.6 Å². The second kappa shape index (κ2) is 23.3. The normalized spacial score (nSPS) is 13.5. The van der Waals surface area contributed by atoms with Crippen molar-refractivity contribution in [3.63, 3.8) is 0 Å². The van der Waals surface area contributed by atoms with Gasteiger partial charge in [0, 0.05) is 18.8 Å². The molecule has 0 aromatic carbocycles. The summed E-state index contributed by atoms with van der Waals surface area (Å²) in [5, 5.41) is 0. The Balaban J connectivity index is 1.66. The van der Waals surface area contributed by atoms with E-state index in [9.17, 15) is 9.59 Å². The summed E-state index contributed by atoms with van der Waals surface area (Å²) in [4.78, 5) is 23.9. The molecule has 34 heavy (non-hydrogen) atoms. The molecule has 1 aliphatic rings. The molecule has 1 heterocycles. The summed E-state index contributed by atoms with van der Waals surface area (Å²) in [6.45, 7) is 9.69. The lowest BCUT2D eigenvalue weighted by molar-refractivity contribution is -0.137. The molecule has 2 amide bonds. The van der Waals surface area contributed by atoms with E-state index in [2.05, 4.69) is 6.92 Å². The van der Waals surface area contributed by atoms with Crippen LogP contribution in [0.5, 0.6) is 0 Å². The maximum absolute atomic E-state index is 11.4. The van der Waals surface area contributed by atoms with Crippen molar-refractivity contribution in [2.75, 3.05) is 99.0 Å². The SMILES string of the molecule is CCCCCCOCCOCCOCCOCCOCCOCCOCCN1C(=O)C=CC1=O. The molecule has 0 atom stereocenters. The molecule has 0 aliphatic carbocycles. The van der Waals surface area contributed by atoms with Crippen LogP contribution in [-0.2, 0) is 42.7 Å². The summed E-state index contributed by atoms with van der Waals surface area (Å²) in [7, 11) is 0. The van der Waals surface area contributed by atoms with Gasteiger partial charge in [-0.3, -0.25) is 14.5 Å². The van der Waals surface area contributed by atoms with E-state index in [1.165, 1.54) is 31.4 Å². The molecule has 0 spiro atoms. The second-order valence-electron chi connectivity index (χ2n) is 7.51. The monoisotopic (exact) mass is 489 g/mol. The van der Waals surface area contributed by atoms with Crippen LogP contribution in [-0.4, -0.2) is 116 Å².